The van der Waals surface area contributed by atoms with E-state index in [-0.39, 0.29) is 18.3 Å². The summed E-state index contributed by atoms with van der Waals surface area (Å²) in [6.07, 6.45) is 4.29. The lowest BCUT2D eigenvalue weighted by atomic mass is 10.2. The highest BCUT2D eigenvalue weighted by Gasteiger charge is 2.32. The predicted octanol–water partition coefficient (Wildman–Crippen LogP) is 2.18. The van der Waals surface area contributed by atoms with Crippen molar-refractivity contribution in [2.75, 3.05) is 63.1 Å². The third-order valence-electron chi connectivity index (χ3n) is 5.80. The number of rotatable bonds is 11. The normalized spacial score (nSPS) is 17.7. The van der Waals surface area contributed by atoms with Crippen molar-refractivity contribution in [1.29, 1.82) is 0 Å². The van der Waals surface area contributed by atoms with Crippen molar-refractivity contribution in [3.63, 3.8) is 0 Å². The van der Waals surface area contributed by atoms with Crippen LogP contribution < -0.4 is 15.4 Å². The lowest BCUT2D eigenvalue weighted by Gasteiger charge is -2.35. The molecule has 1 aromatic heterocycles. The topological polar surface area (TPSA) is 87.8 Å². The van der Waals surface area contributed by atoms with E-state index in [2.05, 4.69) is 40.5 Å². The molecular formula is C22H38N6O2. The number of aromatic nitrogens is 2. The standard InChI is InChI=1S/C22H38N6O2/c1-4-5-14-30-22-24-20(23)18-15-19(29)28(21(18)25-22)9-7-6-8-26-10-12-27(13-11-26)16-17(2)3/h17H,4-16H2,1-3H3,(H2,23,24,25). The Bertz CT molecular complexity index is 703. The zero-order valence-corrected chi connectivity index (χ0v) is 18.9. The maximum Gasteiger partial charge on any atom is 0.320 e. The van der Waals surface area contributed by atoms with Gasteiger partial charge in [-0.25, -0.2) is 0 Å². The van der Waals surface area contributed by atoms with Crippen LogP contribution in [0.15, 0.2) is 0 Å². The molecule has 0 saturated carbocycles. The van der Waals surface area contributed by atoms with Gasteiger partial charge in [0.1, 0.15) is 11.6 Å². The fraction of sp³-hybridized carbons (Fsp3) is 0.773. The lowest BCUT2D eigenvalue weighted by molar-refractivity contribution is -0.117. The number of piperazine rings is 1. The zero-order chi connectivity index (χ0) is 21.5. The van der Waals surface area contributed by atoms with E-state index in [4.69, 9.17) is 10.5 Å². The third-order valence-corrected chi connectivity index (χ3v) is 5.80. The fourth-order valence-electron chi connectivity index (χ4n) is 4.15. The van der Waals surface area contributed by atoms with Crippen LogP contribution in [0.5, 0.6) is 6.01 Å². The first kappa shape index (κ1) is 22.7. The second kappa shape index (κ2) is 10.9. The van der Waals surface area contributed by atoms with Crippen molar-refractivity contribution in [3.05, 3.63) is 5.56 Å². The van der Waals surface area contributed by atoms with Crippen molar-refractivity contribution in [3.8, 4) is 6.01 Å². The molecule has 1 amide bonds. The Kier molecular flexibility index (Phi) is 8.27. The predicted molar refractivity (Wildman–Crippen MR) is 120 cm³/mol. The largest absolute Gasteiger partial charge is 0.463 e. The molecule has 0 atom stereocenters. The summed E-state index contributed by atoms with van der Waals surface area (Å²) in [6.45, 7) is 14.8. The van der Waals surface area contributed by atoms with Crippen molar-refractivity contribution in [2.45, 2.75) is 52.9 Å². The van der Waals surface area contributed by atoms with Gasteiger partial charge in [0.25, 0.3) is 0 Å². The second-order valence-corrected chi connectivity index (χ2v) is 8.86. The van der Waals surface area contributed by atoms with Crippen molar-refractivity contribution >= 4 is 17.5 Å². The summed E-state index contributed by atoms with van der Waals surface area (Å²) in [5, 5.41) is 0. The Morgan fingerprint density at radius 3 is 2.43 bits per heavy atom. The van der Waals surface area contributed by atoms with Crippen molar-refractivity contribution < 1.29 is 9.53 Å². The number of fused-ring (bicyclic) bond motifs is 1. The monoisotopic (exact) mass is 418 g/mol. The molecular weight excluding hydrogens is 380 g/mol. The average Bonchev–Trinajstić information content (AvgIpc) is 3.02. The van der Waals surface area contributed by atoms with Crippen LogP contribution in [0.3, 0.4) is 0 Å². The highest BCUT2D eigenvalue weighted by molar-refractivity contribution is 6.01. The molecule has 0 aliphatic carbocycles. The zero-order valence-electron chi connectivity index (χ0n) is 18.9. The van der Waals surface area contributed by atoms with Gasteiger partial charge in [0.05, 0.1) is 13.0 Å². The second-order valence-electron chi connectivity index (χ2n) is 8.86. The highest BCUT2D eigenvalue weighted by Crippen LogP contribution is 2.32. The van der Waals surface area contributed by atoms with E-state index in [0.29, 0.717) is 24.8 Å². The smallest absolute Gasteiger partial charge is 0.320 e. The van der Waals surface area contributed by atoms with Gasteiger partial charge in [-0.15, -0.1) is 0 Å². The molecule has 3 heterocycles. The number of nitrogens with zero attached hydrogens (tertiary/aromatic N) is 5. The molecule has 3 rings (SSSR count). The van der Waals surface area contributed by atoms with Crippen LogP contribution in [0.4, 0.5) is 11.6 Å². The molecule has 1 fully saturated rings. The van der Waals surface area contributed by atoms with Gasteiger partial charge in [0, 0.05) is 44.8 Å². The van der Waals surface area contributed by atoms with E-state index in [1.807, 2.05) is 0 Å². The Morgan fingerprint density at radius 2 is 1.73 bits per heavy atom. The Morgan fingerprint density at radius 1 is 1.03 bits per heavy atom. The molecule has 0 aromatic carbocycles. The molecule has 0 bridgehead atoms. The van der Waals surface area contributed by atoms with Crippen LogP contribution in [-0.4, -0.2) is 78.1 Å². The van der Waals surface area contributed by atoms with Gasteiger partial charge in [-0.1, -0.05) is 27.2 Å². The molecule has 1 saturated heterocycles. The minimum Gasteiger partial charge on any atom is -0.463 e. The summed E-state index contributed by atoms with van der Waals surface area (Å²) in [6, 6.07) is 0.277. The summed E-state index contributed by atoms with van der Waals surface area (Å²) in [5.41, 5.74) is 6.81. The number of unbranched alkanes of at least 4 members (excludes halogenated alkanes) is 2. The summed E-state index contributed by atoms with van der Waals surface area (Å²) >= 11 is 0. The third kappa shape index (κ3) is 6.04. The van der Waals surface area contributed by atoms with Crippen LogP contribution in [-0.2, 0) is 11.2 Å². The van der Waals surface area contributed by atoms with Gasteiger partial charge in [0.15, 0.2) is 0 Å². The van der Waals surface area contributed by atoms with E-state index >= 15 is 0 Å². The van der Waals surface area contributed by atoms with Crippen LogP contribution in [0, 0.1) is 5.92 Å². The number of amides is 1. The van der Waals surface area contributed by atoms with Gasteiger partial charge in [0.2, 0.25) is 5.91 Å². The summed E-state index contributed by atoms with van der Waals surface area (Å²) in [5.74, 6) is 1.79. The van der Waals surface area contributed by atoms with E-state index in [1.54, 1.807) is 4.90 Å². The van der Waals surface area contributed by atoms with Crippen LogP contribution in [0.1, 0.15) is 52.0 Å². The van der Waals surface area contributed by atoms with E-state index in [1.165, 1.54) is 6.54 Å². The molecule has 2 aliphatic rings. The minimum absolute atomic E-state index is 0.0546. The lowest BCUT2D eigenvalue weighted by Crippen LogP contribution is -2.47. The Hall–Kier alpha value is -1.93. The summed E-state index contributed by atoms with van der Waals surface area (Å²) in [4.78, 5) is 28.1. The van der Waals surface area contributed by atoms with E-state index in [9.17, 15) is 4.79 Å². The highest BCUT2D eigenvalue weighted by atomic mass is 16.5. The number of hydrogen-bond acceptors (Lipinski definition) is 7. The average molecular weight is 419 g/mol. The van der Waals surface area contributed by atoms with Gasteiger partial charge in [-0.2, -0.15) is 9.97 Å². The molecule has 0 radical (unpaired) electrons. The number of ether oxygens (including phenoxy) is 1. The molecule has 0 spiro atoms. The maximum atomic E-state index is 12.5. The SMILES string of the molecule is CCCCOc1nc(N)c2c(n1)N(CCCCN1CCN(CC(C)C)CC1)C(=O)C2. The van der Waals surface area contributed by atoms with Crippen LogP contribution >= 0.6 is 0 Å². The number of hydrogen-bond donors (Lipinski definition) is 1. The molecule has 8 nitrogen and oxygen atoms in total. The number of carbonyl (C=O) groups is 1. The Labute approximate surface area is 180 Å². The van der Waals surface area contributed by atoms with Gasteiger partial charge in [-0.3, -0.25) is 9.69 Å². The fourth-order valence-corrected chi connectivity index (χ4v) is 4.15. The van der Waals surface area contributed by atoms with Crippen LogP contribution in [0.2, 0.25) is 0 Å². The number of nitrogen functional groups attached to an aromatic ring is 1. The van der Waals surface area contributed by atoms with Gasteiger partial charge < -0.3 is 20.3 Å². The first-order chi connectivity index (χ1) is 14.5. The number of nitrogens with two attached hydrogens (primary N) is 1. The first-order valence-electron chi connectivity index (χ1n) is 11.5. The molecule has 30 heavy (non-hydrogen) atoms. The van der Waals surface area contributed by atoms with E-state index < -0.39 is 0 Å². The number of anilines is 2. The van der Waals surface area contributed by atoms with Crippen LogP contribution in [0.25, 0.3) is 0 Å². The van der Waals surface area contributed by atoms with Gasteiger partial charge in [-0.05, 0) is 31.7 Å². The molecule has 2 aliphatic heterocycles. The molecule has 0 unspecified atom stereocenters. The van der Waals surface area contributed by atoms with E-state index in [0.717, 1.165) is 69.9 Å². The maximum absolute atomic E-state index is 12.5. The van der Waals surface area contributed by atoms with Gasteiger partial charge >= 0.3 is 6.01 Å². The quantitative estimate of drug-likeness (QED) is 0.551. The molecule has 8 heteroatoms. The minimum atomic E-state index is 0.0546. The number of carbonyl (C=O) groups excluding carboxylic acids is 1. The molecule has 2 N–H and O–H groups in total. The molecule has 168 valence electrons. The van der Waals surface area contributed by atoms with Crippen molar-refractivity contribution in [2.24, 2.45) is 5.92 Å². The summed E-state index contributed by atoms with van der Waals surface area (Å²) < 4.78 is 5.62. The first-order valence-corrected chi connectivity index (χ1v) is 11.5. The summed E-state index contributed by atoms with van der Waals surface area (Å²) in [7, 11) is 0. The molecule has 1 aromatic rings. The van der Waals surface area contributed by atoms with Crippen molar-refractivity contribution in [1.82, 2.24) is 19.8 Å². The Balaban J connectivity index is 1.46.